The number of aromatic nitrogens is 2. The molecular weight excluding hydrogens is 212 g/mol. The van der Waals surface area contributed by atoms with Crippen molar-refractivity contribution in [3.63, 3.8) is 0 Å². The van der Waals surface area contributed by atoms with Gasteiger partial charge in [-0.3, -0.25) is 14.8 Å². The molecule has 1 aromatic heterocycles. The average molecular weight is 226 g/mol. The fraction of sp³-hybridized carbons (Fsp3) is 0.667. The summed E-state index contributed by atoms with van der Waals surface area (Å²) in [6, 6.07) is 0. The molecule has 7 nitrogen and oxygen atoms in total. The maximum absolute atomic E-state index is 10.7. The summed E-state index contributed by atoms with van der Waals surface area (Å²) >= 11 is 0. The maximum atomic E-state index is 10.7. The second-order valence-corrected chi connectivity index (χ2v) is 3.81. The van der Waals surface area contributed by atoms with Crippen molar-refractivity contribution in [2.45, 2.75) is 18.9 Å². The molecule has 16 heavy (non-hydrogen) atoms. The number of rotatable bonds is 4. The van der Waals surface area contributed by atoms with Gasteiger partial charge in [0.15, 0.2) is 0 Å². The molecule has 1 atom stereocenters. The van der Waals surface area contributed by atoms with Crippen molar-refractivity contribution in [3.8, 4) is 0 Å². The van der Waals surface area contributed by atoms with E-state index >= 15 is 0 Å². The highest BCUT2D eigenvalue weighted by Crippen LogP contribution is 2.22. The van der Waals surface area contributed by atoms with Crippen molar-refractivity contribution in [1.29, 1.82) is 0 Å². The fourth-order valence-electron chi connectivity index (χ4n) is 1.75. The van der Waals surface area contributed by atoms with Crippen LogP contribution in [-0.4, -0.2) is 34.0 Å². The zero-order valence-corrected chi connectivity index (χ0v) is 9.05. The molecule has 0 aromatic carbocycles. The van der Waals surface area contributed by atoms with Crippen LogP contribution in [0.4, 0.5) is 11.5 Å². The van der Waals surface area contributed by atoms with Gasteiger partial charge >= 0.3 is 5.69 Å². The monoisotopic (exact) mass is 226 g/mol. The molecule has 0 unspecified atom stereocenters. The van der Waals surface area contributed by atoms with Gasteiger partial charge in [-0.05, 0) is 12.8 Å². The lowest BCUT2D eigenvalue weighted by atomic mass is 10.2. The maximum Gasteiger partial charge on any atom is 0.330 e. The summed E-state index contributed by atoms with van der Waals surface area (Å²) in [5.41, 5.74) is 0.000460. The van der Waals surface area contributed by atoms with E-state index in [-0.39, 0.29) is 11.8 Å². The highest BCUT2D eigenvalue weighted by molar-refractivity contribution is 5.54. The van der Waals surface area contributed by atoms with Crippen LogP contribution < -0.4 is 5.32 Å². The molecule has 7 heteroatoms. The molecule has 2 rings (SSSR count). The highest BCUT2D eigenvalue weighted by atomic mass is 16.6. The summed E-state index contributed by atoms with van der Waals surface area (Å²) in [5.74, 6) is 0.308. The van der Waals surface area contributed by atoms with E-state index in [1.807, 2.05) is 0 Å². The molecule has 1 aliphatic heterocycles. The van der Waals surface area contributed by atoms with Crippen LogP contribution in [0.2, 0.25) is 0 Å². The van der Waals surface area contributed by atoms with Gasteiger partial charge in [-0.25, -0.2) is 0 Å². The molecule has 0 aliphatic carbocycles. The molecule has 1 fully saturated rings. The Morgan fingerprint density at radius 2 is 2.62 bits per heavy atom. The average Bonchev–Trinajstić information content (AvgIpc) is 2.83. The van der Waals surface area contributed by atoms with Gasteiger partial charge < -0.3 is 10.1 Å². The third kappa shape index (κ3) is 2.30. The van der Waals surface area contributed by atoms with Crippen LogP contribution in [0.5, 0.6) is 0 Å². The van der Waals surface area contributed by atoms with Crippen molar-refractivity contribution in [3.05, 3.63) is 16.3 Å². The fourth-order valence-corrected chi connectivity index (χ4v) is 1.75. The SMILES string of the molecule is Cn1cc([N+](=O)[O-])c(NC[C@H]2CCCO2)n1. The van der Waals surface area contributed by atoms with Crippen LogP contribution in [0, 0.1) is 10.1 Å². The van der Waals surface area contributed by atoms with Gasteiger partial charge in [-0.15, -0.1) is 5.10 Å². The van der Waals surface area contributed by atoms with Crippen molar-refractivity contribution in [2.75, 3.05) is 18.5 Å². The number of nitro groups is 1. The molecule has 0 amide bonds. The van der Waals surface area contributed by atoms with Crippen LogP contribution in [0.3, 0.4) is 0 Å². The Morgan fingerprint density at radius 1 is 1.81 bits per heavy atom. The summed E-state index contributed by atoms with van der Waals surface area (Å²) in [5, 5.41) is 17.7. The van der Waals surface area contributed by atoms with E-state index in [0.29, 0.717) is 12.4 Å². The zero-order chi connectivity index (χ0) is 11.5. The second-order valence-electron chi connectivity index (χ2n) is 3.81. The summed E-state index contributed by atoms with van der Waals surface area (Å²) in [6.07, 6.45) is 3.57. The van der Waals surface area contributed by atoms with Crippen LogP contribution in [0.25, 0.3) is 0 Å². The van der Waals surface area contributed by atoms with Gasteiger partial charge in [0.05, 0.1) is 11.0 Å². The lowest BCUT2D eigenvalue weighted by Gasteiger charge is -2.09. The number of hydrogen-bond acceptors (Lipinski definition) is 5. The van der Waals surface area contributed by atoms with E-state index in [1.54, 1.807) is 7.05 Å². The number of aryl methyl sites for hydroxylation is 1. The van der Waals surface area contributed by atoms with Crippen molar-refractivity contribution in [2.24, 2.45) is 7.05 Å². The Kier molecular flexibility index (Phi) is 3.04. The van der Waals surface area contributed by atoms with Gasteiger partial charge in [-0.1, -0.05) is 0 Å². The van der Waals surface area contributed by atoms with Crippen molar-refractivity contribution < 1.29 is 9.66 Å². The molecule has 1 aromatic rings. The van der Waals surface area contributed by atoms with Crippen molar-refractivity contribution in [1.82, 2.24) is 9.78 Å². The van der Waals surface area contributed by atoms with Gasteiger partial charge in [0, 0.05) is 20.2 Å². The van der Waals surface area contributed by atoms with Gasteiger partial charge in [-0.2, -0.15) is 0 Å². The normalized spacial score (nSPS) is 19.9. The van der Waals surface area contributed by atoms with Crippen molar-refractivity contribution >= 4 is 11.5 Å². The smallest absolute Gasteiger partial charge is 0.330 e. The van der Waals surface area contributed by atoms with E-state index in [4.69, 9.17) is 4.74 Å². The zero-order valence-electron chi connectivity index (χ0n) is 9.05. The molecule has 88 valence electrons. The number of ether oxygens (including phenoxy) is 1. The van der Waals surface area contributed by atoms with E-state index in [2.05, 4.69) is 10.4 Å². The van der Waals surface area contributed by atoms with E-state index in [0.717, 1.165) is 19.4 Å². The second kappa shape index (κ2) is 4.48. The minimum Gasteiger partial charge on any atom is -0.376 e. The number of nitrogens with one attached hydrogen (secondary N) is 1. The van der Waals surface area contributed by atoms with Crippen LogP contribution >= 0.6 is 0 Å². The summed E-state index contributed by atoms with van der Waals surface area (Å²) in [6.45, 7) is 1.34. The van der Waals surface area contributed by atoms with Crippen LogP contribution in [0.1, 0.15) is 12.8 Å². The molecule has 1 aliphatic rings. The Morgan fingerprint density at radius 3 is 3.25 bits per heavy atom. The summed E-state index contributed by atoms with van der Waals surface area (Å²) in [4.78, 5) is 10.3. The third-order valence-electron chi connectivity index (χ3n) is 2.53. The topological polar surface area (TPSA) is 82.2 Å². The first-order valence-electron chi connectivity index (χ1n) is 5.20. The standard InChI is InChI=1S/C9H14N4O3/c1-12-6-8(13(14)15)9(11-12)10-5-7-3-2-4-16-7/h6-7H,2-5H2,1H3,(H,10,11)/t7-/m1/s1. The largest absolute Gasteiger partial charge is 0.376 e. The van der Waals surface area contributed by atoms with Crippen LogP contribution in [0.15, 0.2) is 6.20 Å². The predicted molar refractivity (Wildman–Crippen MR) is 57.3 cm³/mol. The Balaban J connectivity index is 1.99. The molecule has 1 N–H and O–H groups in total. The Bertz CT molecular complexity index is 384. The molecule has 0 radical (unpaired) electrons. The molecule has 0 bridgehead atoms. The molecule has 0 saturated carbocycles. The Hall–Kier alpha value is -1.63. The Labute approximate surface area is 92.5 Å². The number of hydrogen-bond donors (Lipinski definition) is 1. The van der Waals surface area contributed by atoms with E-state index in [9.17, 15) is 10.1 Å². The van der Waals surface area contributed by atoms with Crippen LogP contribution in [-0.2, 0) is 11.8 Å². The van der Waals surface area contributed by atoms with E-state index in [1.165, 1.54) is 10.9 Å². The summed E-state index contributed by atoms with van der Waals surface area (Å²) in [7, 11) is 1.66. The molecular formula is C9H14N4O3. The number of nitrogens with zero attached hydrogens (tertiary/aromatic N) is 3. The van der Waals surface area contributed by atoms with Gasteiger partial charge in [0.1, 0.15) is 6.20 Å². The lowest BCUT2D eigenvalue weighted by molar-refractivity contribution is -0.384. The first-order valence-corrected chi connectivity index (χ1v) is 5.20. The minimum absolute atomic E-state index is 0.000460. The highest BCUT2D eigenvalue weighted by Gasteiger charge is 2.21. The predicted octanol–water partition coefficient (Wildman–Crippen LogP) is 0.919. The molecule has 1 saturated heterocycles. The van der Waals surface area contributed by atoms with Gasteiger partial charge in [0.2, 0.25) is 5.82 Å². The van der Waals surface area contributed by atoms with Gasteiger partial charge in [0.25, 0.3) is 0 Å². The number of anilines is 1. The lowest BCUT2D eigenvalue weighted by Crippen LogP contribution is -2.19. The third-order valence-corrected chi connectivity index (χ3v) is 2.53. The molecule has 0 spiro atoms. The first kappa shape index (κ1) is 10.9. The quantitative estimate of drug-likeness (QED) is 0.609. The first-order chi connectivity index (χ1) is 7.66. The molecule has 2 heterocycles. The van der Waals surface area contributed by atoms with E-state index < -0.39 is 4.92 Å². The minimum atomic E-state index is -0.440. The summed E-state index contributed by atoms with van der Waals surface area (Å²) < 4.78 is 6.84.